The number of hydrogen-bond acceptors (Lipinski definition) is 5. The molecule has 1 aliphatic rings. The fourth-order valence-electron chi connectivity index (χ4n) is 3.00. The van der Waals surface area contributed by atoms with E-state index in [9.17, 15) is 9.59 Å². The first kappa shape index (κ1) is 19.7. The van der Waals surface area contributed by atoms with Gasteiger partial charge in [0.25, 0.3) is 5.91 Å². The Morgan fingerprint density at radius 1 is 1.24 bits per heavy atom. The third kappa shape index (κ3) is 4.07. The molecule has 1 atom stereocenters. The number of aromatic nitrogens is 1. The average molecular weight is 448 g/mol. The number of benzene rings is 2. The molecule has 0 unspecified atom stereocenters. The highest BCUT2D eigenvalue weighted by Gasteiger charge is 2.32. The van der Waals surface area contributed by atoms with Gasteiger partial charge >= 0.3 is 0 Å². The van der Waals surface area contributed by atoms with Crippen LogP contribution in [0.3, 0.4) is 0 Å². The van der Waals surface area contributed by atoms with Crippen LogP contribution in [0.4, 0.5) is 10.8 Å². The lowest BCUT2D eigenvalue weighted by Crippen LogP contribution is -2.48. The second-order valence-electron chi connectivity index (χ2n) is 6.36. The van der Waals surface area contributed by atoms with Crippen LogP contribution in [-0.2, 0) is 9.59 Å². The molecule has 2 aromatic carbocycles. The van der Waals surface area contributed by atoms with E-state index in [1.807, 2.05) is 6.07 Å². The maximum absolute atomic E-state index is 12.8. The van der Waals surface area contributed by atoms with Crippen molar-refractivity contribution in [3.05, 3.63) is 57.9 Å². The second kappa shape index (κ2) is 8.02. The van der Waals surface area contributed by atoms with Crippen LogP contribution >= 0.6 is 34.5 Å². The number of rotatable bonds is 3. The molecule has 1 N–H and O–H groups in total. The van der Waals surface area contributed by atoms with E-state index in [1.165, 1.54) is 23.2 Å². The quantitative estimate of drug-likeness (QED) is 0.621. The summed E-state index contributed by atoms with van der Waals surface area (Å²) in [5, 5.41) is 6.00. The van der Waals surface area contributed by atoms with E-state index < -0.39 is 6.10 Å². The molecule has 1 aromatic heterocycles. The van der Waals surface area contributed by atoms with E-state index >= 15 is 0 Å². The molecule has 6 nitrogen and oxygen atoms in total. The first-order valence-corrected chi connectivity index (χ1v) is 10.3. The molecule has 9 heteroatoms. The lowest BCUT2D eigenvalue weighted by molar-refractivity contribution is -0.123. The first-order valence-electron chi connectivity index (χ1n) is 8.68. The smallest absolute Gasteiger partial charge is 0.269 e. The van der Waals surface area contributed by atoms with Crippen LogP contribution in [0.2, 0.25) is 10.0 Å². The van der Waals surface area contributed by atoms with Crippen molar-refractivity contribution in [2.45, 2.75) is 13.0 Å². The van der Waals surface area contributed by atoms with Gasteiger partial charge in [0.1, 0.15) is 5.75 Å². The number of ether oxygens (including phenoxy) is 1. The van der Waals surface area contributed by atoms with Gasteiger partial charge in [-0.2, -0.15) is 0 Å². The maximum Gasteiger partial charge on any atom is 0.269 e. The van der Waals surface area contributed by atoms with Gasteiger partial charge in [0, 0.05) is 22.9 Å². The molecule has 0 fully saturated rings. The van der Waals surface area contributed by atoms with Crippen LogP contribution in [0.25, 0.3) is 11.3 Å². The summed E-state index contributed by atoms with van der Waals surface area (Å²) in [5.74, 6) is -0.0610. The topological polar surface area (TPSA) is 71.5 Å². The Hall–Kier alpha value is -2.61. The minimum atomic E-state index is -0.851. The van der Waals surface area contributed by atoms with Gasteiger partial charge in [-0.05, 0) is 30.3 Å². The van der Waals surface area contributed by atoms with E-state index in [4.69, 9.17) is 27.9 Å². The summed E-state index contributed by atoms with van der Waals surface area (Å²) in [6.45, 7) is 1.58. The van der Waals surface area contributed by atoms with E-state index in [2.05, 4.69) is 10.3 Å². The van der Waals surface area contributed by atoms with Crippen LogP contribution in [0.5, 0.6) is 5.75 Å². The number of amides is 2. The monoisotopic (exact) mass is 447 g/mol. The number of thiazole rings is 1. The first-order chi connectivity index (χ1) is 13.9. The van der Waals surface area contributed by atoms with Crippen molar-refractivity contribution in [3.63, 3.8) is 0 Å². The molecule has 4 rings (SSSR count). The van der Waals surface area contributed by atoms with Crippen molar-refractivity contribution in [2.24, 2.45) is 0 Å². The number of nitrogens with zero attached hydrogens (tertiary/aromatic N) is 2. The molecular weight excluding hydrogens is 433 g/mol. The standard InChI is InChI=1S/C20H15Cl2N3O3S/c1-11(26)25-9-18(28-17-5-3-2-4-16(17)25)19(27)24-20-23-15(10-29-20)13-8-12(21)6-7-14(13)22/h2-8,10,18H,9H2,1H3,(H,23,24,27)/t18-/m1/s1. The summed E-state index contributed by atoms with van der Waals surface area (Å²) in [6, 6.07) is 12.2. The summed E-state index contributed by atoms with van der Waals surface area (Å²) in [4.78, 5) is 30.7. The van der Waals surface area contributed by atoms with E-state index in [0.29, 0.717) is 37.9 Å². The van der Waals surface area contributed by atoms with Gasteiger partial charge in [-0.3, -0.25) is 14.9 Å². The number of carbonyl (C=O) groups is 2. The van der Waals surface area contributed by atoms with E-state index in [0.717, 1.165) is 0 Å². The normalized spacial score (nSPS) is 15.4. The fraction of sp³-hybridized carbons (Fsp3) is 0.150. The van der Waals surface area contributed by atoms with E-state index in [-0.39, 0.29) is 18.4 Å². The largest absolute Gasteiger partial charge is 0.476 e. The number of anilines is 2. The summed E-state index contributed by atoms with van der Waals surface area (Å²) in [6.07, 6.45) is -0.851. The van der Waals surface area contributed by atoms with Crippen LogP contribution in [0, 0.1) is 0 Å². The van der Waals surface area contributed by atoms with Crippen molar-refractivity contribution in [1.29, 1.82) is 0 Å². The zero-order valence-electron chi connectivity index (χ0n) is 15.2. The Balaban J connectivity index is 1.53. The lowest BCUT2D eigenvalue weighted by Gasteiger charge is -2.33. The van der Waals surface area contributed by atoms with Crippen molar-refractivity contribution < 1.29 is 14.3 Å². The summed E-state index contributed by atoms with van der Waals surface area (Å²) < 4.78 is 5.80. The lowest BCUT2D eigenvalue weighted by atomic mass is 10.1. The average Bonchev–Trinajstić information content (AvgIpc) is 3.17. The number of carbonyl (C=O) groups excluding carboxylic acids is 2. The minimum Gasteiger partial charge on any atom is -0.476 e. The van der Waals surface area contributed by atoms with Crippen molar-refractivity contribution in [1.82, 2.24) is 4.98 Å². The number of fused-ring (bicyclic) bond motifs is 1. The molecule has 0 spiro atoms. The van der Waals surface area contributed by atoms with Crippen LogP contribution in [0.15, 0.2) is 47.8 Å². The van der Waals surface area contributed by atoms with Crippen molar-refractivity contribution >= 4 is 57.2 Å². The maximum atomic E-state index is 12.8. The highest BCUT2D eigenvalue weighted by Crippen LogP contribution is 2.35. The fourth-order valence-corrected chi connectivity index (χ4v) is 4.10. The summed E-state index contributed by atoms with van der Waals surface area (Å²) in [5.41, 5.74) is 1.94. The van der Waals surface area contributed by atoms with Crippen LogP contribution in [-0.4, -0.2) is 29.4 Å². The molecule has 0 radical (unpaired) electrons. The number of hydrogen-bond donors (Lipinski definition) is 1. The second-order valence-corrected chi connectivity index (χ2v) is 8.06. The predicted molar refractivity (Wildman–Crippen MR) is 115 cm³/mol. The van der Waals surface area contributed by atoms with Gasteiger partial charge in [0.05, 0.1) is 22.9 Å². The molecule has 148 valence electrons. The Bertz CT molecular complexity index is 1100. The Kier molecular flexibility index (Phi) is 5.45. The van der Waals surface area contributed by atoms with Crippen molar-refractivity contribution in [3.8, 4) is 17.0 Å². The summed E-state index contributed by atoms with van der Waals surface area (Å²) in [7, 11) is 0. The predicted octanol–water partition coefficient (Wildman–Crippen LogP) is 4.87. The number of para-hydroxylation sites is 2. The Labute approximate surface area is 181 Å². The minimum absolute atomic E-state index is 0.122. The molecule has 0 saturated heterocycles. The Morgan fingerprint density at radius 3 is 2.83 bits per heavy atom. The highest BCUT2D eigenvalue weighted by atomic mass is 35.5. The molecule has 1 aliphatic heterocycles. The van der Waals surface area contributed by atoms with Crippen molar-refractivity contribution in [2.75, 3.05) is 16.8 Å². The zero-order valence-corrected chi connectivity index (χ0v) is 17.5. The zero-order chi connectivity index (χ0) is 20.5. The molecule has 2 amide bonds. The third-order valence-electron chi connectivity index (χ3n) is 4.38. The molecule has 2 heterocycles. The van der Waals surface area contributed by atoms with E-state index in [1.54, 1.807) is 41.8 Å². The molecular formula is C20H15Cl2N3O3S. The van der Waals surface area contributed by atoms with Crippen LogP contribution in [0.1, 0.15) is 6.92 Å². The third-order valence-corrected chi connectivity index (χ3v) is 5.71. The molecule has 0 aliphatic carbocycles. The molecule has 0 saturated carbocycles. The van der Waals surface area contributed by atoms with Crippen LogP contribution < -0.4 is 15.0 Å². The van der Waals surface area contributed by atoms with Gasteiger partial charge in [-0.15, -0.1) is 11.3 Å². The molecule has 3 aromatic rings. The highest BCUT2D eigenvalue weighted by molar-refractivity contribution is 7.14. The summed E-state index contributed by atoms with van der Waals surface area (Å²) >= 11 is 13.5. The number of halogens is 2. The molecule has 29 heavy (non-hydrogen) atoms. The van der Waals surface area contributed by atoms with Gasteiger partial charge in [0.15, 0.2) is 11.2 Å². The van der Waals surface area contributed by atoms with Gasteiger partial charge in [0.2, 0.25) is 5.91 Å². The van der Waals surface area contributed by atoms with Gasteiger partial charge in [-0.25, -0.2) is 4.98 Å². The Morgan fingerprint density at radius 2 is 2.03 bits per heavy atom. The molecule has 0 bridgehead atoms. The van der Waals surface area contributed by atoms with Gasteiger partial charge in [-0.1, -0.05) is 35.3 Å². The number of nitrogens with one attached hydrogen (secondary N) is 1. The van der Waals surface area contributed by atoms with Gasteiger partial charge < -0.3 is 9.64 Å². The SMILES string of the molecule is CC(=O)N1C[C@H](C(=O)Nc2nc(-c3cc(Cl)ccc3Cl)cs2)Oc2ccccc21.